The van der Waals surface area contributed by atoms with Gasteiger partial charge in [-0.25, -0.2) is 0 Å². The number of likely N-dealkylation sites (N-methyl/N-ethyl adjacent to an activating group) is 2. The number of ether oxygens (including phenoxy) is 7. The molecule has 17 nitrogen and oxygen atoms in total. The van der Waals surface area contributed by atoms with Crippen molar-refractivity contribution in [1.82, 2.24) is 9.80 Å². The predicted octanol–water partition coefficient (Wildman–Crippen LogP) is 1.58. The molecule has 0 aromatic carbocycles. The third-order valence-corrected chi connectivity index (χ3v) is 14.1. The first-order valence-electron chi connectivity index (χ1n) is 22.3. The van der Waals surface area contributed by atoms with E-state index in [9.17, 15) is 40.2 Å². The molecule has 61 heavy (non-hydrogen) atoms. The van der Waals surface area contributed by atoms with Crippen LogP contribution < -0.4 is 0 Å². The van der Waals surface area contributed by atoms with E-state index < -0.39 is 126 Å². The van der Waals surface area contributed by atoms with Gasteiger partial charge in [0.2, 0.25) is 0 Å². The minimum atomic E-state index is -2.05. The molecule has 4 aliphatic rings. The van der Waals surface area contributed by atoms with Crippen molar-refractivity contribution in [2.75, 3.05) is 28.2 Å². The summed E-state index contributed by atoms with van der Waals surface area (Å²) < 4.78 is 45.7. The Morgan fingerprint density at radius 2 is 1.30 bits per heavy atom. The Balaban J connectivity index is 1.97. The number of cyclic esters (lactones) is 1. The zero-order valence-electron chi connectivity index (χ0n) is 39.3. The van der Waals surface area contributed by atoms with Crippen molar-refractivity contribution >= 4 is 11.8 Å². The van der Waals surface area contributed by atoms with Crippen molar-refractivity contribution in [1.29, 1.82) is 0 Å². The Morgan fingerprint density at radius 3 is 1.85 bits per heavy atom. The van der Waals surface area contributed by atoms with Crippen LogP contribution in [-0.4, -0.2) is 189 Å². The molecule has 4 heterocycles. The van der Waals surface area contributed by atoms with Crippen LogP contribution in [0.15, 0.2) is 0 Å². The number of esters is 1. The highest BCUT2D eigenvalue weighted by atomic mass is 16.7. The van der Waals surface area contributed by atoms with Crippen LogP contribution in [0.2, 0.25) is 0 Å². The summed E-state index contributed by atoms with van der Waals surface area (Å²) in [5.74, 6) is -5.17. The number of nitrogens with zero attached hydrogens (tertiary/aromatic N) is 2. The van der Waals surface area contributed by atoms with Gasteiger partial charge in [0.25, 0.3) is 0 Å². The van der Waals surface area contributed by atoms with E-state index in [1.54, 1.807) is 48.5 Å². The molecule has 0 aromatic heterocycles. The van der Waals surface area contributed by atoms with Crippen molar-refractivity contribution in [3.05, 3.63) is 0 Å². The summed E-state index contributed by atoms with van der Waals surface area (Å²) in [7, 11) is 7.41. The van der Waals surface area contributed by atoms with Gasteiger partial charge in [-0.05, 0) is 95.9 Å². The number of aliphatic hydroxyl groups excluding tert-OH is 4. The van der Waals surface area contributed by atoms with E-state index >= 15 is 0 Å². The predicted molar refractivity (Wildman–Crippen MR) is 223 cm³/mol. The fourth-order valence-electron chi connectivity index (χ4n) is 10.2. The van der Waals surface area contributed by atoms with Crippen LogP contribution >= 0.6 is 0 Å². The van der Waals surface area contributed by atoms with Crippen LogP contribution in [0, 0.1) is 23.7 Å². The Hall–Kier alpha value is -1.42. The lowest BCUT2D eigenvalue weighted by Crippen LogP contribution is -2.62. The van der Waals surface area contributed by atoms with Gasteiger partial charge < -0.3 is 73.6 Å². The summed E-state index contributed by atoms with van der Waals surface area (Å²) in [5, 5.41) is 68.6. The Bertz CT molecular complexity index is 1450. The number of aliphatic hydroxyl groups is 6. The van der Waals surface area contributed by atoms with Crippen molar-refractivity contribution in [3.8, 4) is 0 Å². The van der Waals surface area contributed by atoms with Gasteiger partial charge in [-0.3, -0.25) is 9.59 Å². The van der Waals surface area contributed by atoms with Crippen LogP contribution in [0.25, 0.3) is 0 Å². The average Bonchev–Trinajstić information content (AvgIpc) is 3.16. The quantitative estimate of drug-likeness (QED) is 0.181. The number of hydrogen-bond donors (Lipinski definition) is 6. The molecule has 22 atom stereocenters. The summed E-state index contributed by atoms with van der Waals surface area (Å²) in [4.78, 5) is 32.7. The number of carbonyl (C=O) groups is 2. The minimum absolute atomic E-state index is 0.0421. The molecule has 0 aromatic rings. The first-order valence-corrected chi connectivity index (χ1v) is 22.3. The molecule has 0 aliphatic carbocycles. The highest BCUT2D eigenvalue weighted by Crippen LogP contribution is 2.43. The van der Waals surface area contributed by atoms with Crippen molar-refractivity contribution < 1.29 is 73.4 Å². The lowest BCUT2D eigenvalue weighted by molar-refractivity contribution is -0.340. The molecule has 17 heteroatoms. The van der Waals surface area contributed by atoms with Gasteiger partial charge >= 0.3 is 5.97 Å². The Morgan fingerprint density at radius 1 is 0.721 bits per heavy atom. The maximum atomic E-state index is 14.5. The molecular formula is C44H80N2O15. The topological polar surface area (TPSA) is 227 Å². The molecule has 0 saturated carbocycles. The summed E-state index contributed by atoms with van der Waals surface area (Å²) in [5.41, 5.74) is -5.21. The molecule has 2 unspecified atom stereocenters. The maximum Gasteiger partial charge on any atom is 0.311 e. The molecule has 4 fully saturated rings. The van der Waals surface area contributed by atoms with Gasteiger partial charge in [-0.15, -0.1) is 0 Å². The van der Waals surface area contributed by atoms with E-state index in [-0.39, 0.29) is 43.9 Å². The minimum Gasteiger partial charge on any atom is -0.459 e. The largest absolute Gasteiger partial charge is 0.459 e. The van der Waals surface area contributed by atoms with E-state index in [2.05, 4.69) is 0 Å². The van der Waals surface area contributed by atoms with E-state index in [1.807, 2.05) is 44.9 Å². The fraction of sp³-hybridized carbons (Fsp3) is 0.955. The first kappa shape index (κ1) is 52.2. The lowest BCUT2D eigenvalue weighted by Gasteiger charge is -2.51. The van der Waals surface area contributed by atoms with E-state index in [4.69, 9.17) is 33.2 Å². The SMILES string of the molecule is CCC1OC(=O)[C@H](C)C(O[C@H]2C[C@@](C)(O)[C@@H](O)[C@H](C)O2)[C@H](C)[C@@H](O[C@@H]2O[C@H](C)C[C@H](N(C)C)[C@H]2O)[C@](C)(O[C@H]2C[C@@H](N(C)C)[C@@H](O)[C@H](C)O2)C[C@@H](C)C(=O)[C@H](C)[C@@H](O)[C@]1(C)O. The standard InChI is InChI=1S/C44H80N2O15/c1-16-30-44(11,54)37(50)23(4)33(47)21(2)19-43(10,61-31-18-29(46(14)15)34(48)26(7)56-31)39(60-41-35(49)28(45(12)13)17-22(3)55-41)24(5)36(25(6)40(52)58-30)59-32-20-42(9,53)38(51)27(8)57-32/h21-32,34-39,41,48-51,53-54H,16-20H2,1-15H3/t21-,22-,23+,24+,25-,26+,27+,28+,29-,30?,31+,32+,34+,35-,36?,37-,38+,39-,41+,42-,43-,44-/m1/s1. The van der Waals surface area contributed by atoms with E-state index in [0.29, 0.717) is 6.42 Å². The molecule has 4 saturated heterocycles. The number of rotatable bonds is 9. The number of ketones is 1. The first-order chi connectivity index (χ1) is 28.1. The third-order valence-electron chi connectivity index (χ3n) is 14.1. The number of hydrogen-bond acceptors (Lipinski definition) is 17. The fourth-order valence-corrected chi connectivity index (χ4v) is 10.2. The van der Waals surface area contributed by atoms with Gasteiger partial charge in [0, 0.05) is 42.7 Å². The van der Waals surface area contributed by atoms with Crippen LogP contribution in [-0.2, 0) is 42.7 Å². The molecule has 0 radical (unpaired) electrons. The van der Waals surface area contributed by atoms with Crippen LogP contribution in [0.5, 0.6) is 0 Å². The van der Waals surface area contributed by atoms with Crippen LogP contribution in [0.1, 0.15) is 108 Å². The highest BCUT2D eigenvalue weighted by molar-refractivity contribution is 5.83. The van der Waals surface area contributed by atoms with Gasteiger partial charge in [-0.1, -0.05) is 27.7 Å². The molecule has 0 spiro atoms. The molecule has 0 bridgehead atoms. The molecule has 0 amide bonds. The number of Topliss-reactive ketones (excluding diaryl/α,β-unsaturated/α-hetero) is 1. The Kier molecular flexibility index (Phi) is 17.5. The second-order valence-electron chi connectivity index (χ2n) is 19.9. The molecule has 356 valence electrons. The maximum absolute atomic E-state index is 14.5. The van der Waals surface area contributed by atoms with Crippen molar-refractivity contribution in [3.63, 3.8) is 0 Å². The van der Waals surface area contributed by atoms with E-state index in [1.165, 1.54) is 20.8 Å². The smallest absolute Gasteiger partial charge is 0.311 e. The summed E-state index contributed by atoms with van der Waals surface area (Å²) >= 11 is 0. The molecule has 4 rings (SSSR count). The Labute approximate surface area is 363 Å². The molecular weight excluding hydrogens is 796 g/mol. The highest BCUT2D eigenvalue weighted by Gasteiger charge is 2.55. The zero-order chi connectivity index (χ0) is 46.3. The summed E-state index contributed by atoms with van der Waals surface area (Å²) in [6.07, 6.45) is -13.0. The normalized spacial score (nSPS) is 50.0. The van der Waals surface area contributed by atoms with Crippen LogP contribution in [0.4, 0.5) is 0 Å². The van der Waals surface area contributed by atoms with Crippen molar-refractivity contribution in [2.45, 2.75) is 217 Å². The van der Waals surface area contributed by atoms with Gasteiger partial charge in [-0.2, -0.15) is 0 Å². The average molecular weight is 877 g/mol. The molecule has 4 aliphatic heterocycles. The van der Waals surface area contributed by atoms with Gasteiger partial charge in [0.1, 0.15) is 29.7 Å². The zero-order valence-corrected chi connectivity index (χ0v) is 39.3. The lowest BCUT2D eigenvalue weighted by atomic mass is 9.73. The number of carbonyl (C=O) groups excluding carboxylic acids is 2. The van der Waals surface area contributed by atoms with Crippen molar-refractivity contribution in [2.24, 2.45) is 23.7 Å². The summed E-state index contributed by atoms with van der Waals surface area (Å²) in [6, 6.07) is -0.742. The third kappa shape index (κ3) is 11.5. The van der Waals surface area contributed by atoms with E-state index in [0.717, 1.165) is 0 Å². The van der Waals surface area contributed by atoms with Gasteiger partial charge in [0.15, 0.2) is 18.9 Å². The van der Waals surface area contributed by atoms with Gasteiger partial charge in [0.05, 0.1) is 59.8 Å². The second kappa shape index (κ2) is 20.4. The van der Waals surface area contributed by atoms with Crippen LogP contribution in [0.3, 0.4) is 0 Å². The monoisotopic (exact) mass is 877 g/mol. The second-order valence-corrected chi connectivity index (χ2v) is 19.9. The summed E-state index contributed by atoms with van der Waals surface area (Å²) in [6.45, 7) is 18.1. The molecule has 6 N–H and O–H groups in total.